The molecule has 2 unspecified atom stereocenters. The number of anilines is 1. The van der Waals surface area contributed by atoms with Gasteiger partial charge in [0.15, 0.2) is 0 Å². The van der Waals surface area contributed by atoms with Gasteiger partial charge in [-0.2, -0.15) is 0 Å². The van der Waals surface area contributed by atoms with Crippen LogP contribution in [-0.4, -0.2) is 22.2 Å². The third-order valence-corrected chi connectivity index (χ3v) is 3.00. The van der Waals surface area contributed by atoms with Crippen LogP contribution in [0.3, 0.4) is 0 Å². The molecule has 0 spiro atoms. The van der Waals surface area contributed by atoms with E-state index in [0.717, 1.165) is 5.56 Å². The van der Waals surface area contributed by atoms with Crippen molar-refractivity contribution < 1.29 is 10.2 Å². The summed E-state index contributed by atoms with van der Waals surface area (Å²) in [5.74, 6) is 0.292. The Morgan fingerprint density at radius 3 is 2.50 bits per heavy atom. The topological polar surface area (TPSA) is 66.5 Å². The molecular formula is C11H15Cl2NO2. The maximum Gasteiger partial charge on any atom is 0.105 e. The Morgan fingerprint density at radius 2 is 2.00 bits per heavy atom. The number of aryl methyl sites for hydroxylation is 1. The first-order chi connectivity index (χ1) is 7.47. The molecule has 2 atom stereocenters. The van der Waals surface area contributed by atoms with Crippen LogP contribution in [-0.2, 0) is 0 Å². The smallest absolute Gasteiger partial charge is 0.105 e. The lowest BCUT2D eigenvalue weighted by molar-refractivity contribution is 0.0170. The third kappa shape index (κ3) is 3.01. The first kappa shape index (κ1) is 13.6. The van der Waals surface area contributed by atoms with E-state index in [9.17, 15) is 10.2 Å². The van der Waals surface area contributed by atoms with E-state index in [-0.39, 0.29) is 0 Å². The first-order valence-corrected chi connectivity index (χ1v) is 5.86. The van der Waals surface area contributed by atoms with E-state index in [4.69, 9.17) is 28.9 Å². The van der Waals surface area contributed by atoms with Crippen molar-refractivity contribution in [2.45, 2.75) is 25.6 Å². The molecule has 0 radical (unpaired) electrons. The van der Waals surface area contributed by atoms with Gasteiger partial charge in [-0.1, -0.05) is 17.7 Å². The zero-order chi connectivity index (χ0) is 12.3. The maximum atomic E-state index is 9.85. The number of hydrogen-bond acceptors (Lipinski definition) is 3. The van der Waals surface area contributed by atoms with Crippen molar-refractivity contribution in [2.75, 3.05) is 11.6 Å². The molecule has 0 aromatic heterocycles. The largest absolute Gasteiger partial charge is 0.397 e. The van der Waals surface area contributed by atoms with Crippen molar-refractivity contribution in [3.8, 4) is 0 Å². The van der Waals surface area contributed by atoms with Crippen molar-refractivity contribution >= 4 is 28.9 Å². The highest BCUT2D eigenvalue weighted by molar-refractivity contribution is 6.33. The van der Waals surface area contributed by atoms with Gasteiger partial charge in [-0.15, -0.1) is 11.6 Å². The molecular weight excluding hydrogens is 249 g/mol. The average Bonchev–Trinajstić information content (AvgIpc) is 2.24. The fourth-order valence-electron chi connectivity index (χ4n) is 1.44. The number of rotatable bonds is 4. The van der Waals surface area contributed by atoms with Gasteiger partial charge >= 0.3 is 0 Å². The van der Waals surface area contributed by atoms with Gasteiger partial charge in [0, 0.05) is 5.88 Å². The molecule has 1 rings (SSSR count). The number of halogens is 2. The molecule has 0 saturated carbocycles. The Labute approximate surface area is 105 Å². The van der Waals surface area contributed by atoms with Gasteiger partial charge in [-0.05, 0) is 30.5 Å². The van der Waals surface area contributed by atoms with Gasteiger partial charge in [-0.25, -0.2) is 0 Å². The molecule has 0 saturated heterocycles. The summed E-state index contributed by atoms with van der Waals surface area (Å²) in [6.45, 7) is 1.80. The summed E-state index contributed by atoms with van der Waals surface area (Å²) in [6.07, 6.45) is -1.56. The molecule has 0 heterocycles. The molecule has 0 amide bonds. The number of aliphatic hydroxyl groups excluding tert-OH is 2. The summed E-state index contributed by atoms with van der Waals surface area (Å²) in [7, 11) is 0. The molecule has 16 heavy (non-hydrogen) atoms. The Hall–Kier alpha value is -0.480. The normalized spacial score (nSPS) is 14.8. The molecule has 0 aliphatic carbocycles. The fraction of sp³-hybridized carbons (Fsp3) is 0.455. The number of benzene rings is 1. The lowest BCUT2D eigenvalue weighted by Crippen LogP contribution is -2.19. The zero-order valence-corrected chi connectivity index (χ0v) is 10.5. The Morgan fingerprint density at radius 1 is 1.38 bits per heavy atom. The van der Waals surface area contributed by atoms with Crippen molar-refractivity contribution in [1.82, 2.24) is 0 Å². The lowest BCUT2D eigenvalue weighted by atomic mass is 10.00. The van der Waals surface area contributed by atoms with Crippen LogP contribution < -0.4 is 5.73 Å². The number of alkyl halides is 1. The summed E-state index contributed by atoms with van der Waals surface area (Å²) in [5, 5.41) is 19.8. The van der Waals surface area contributed by atoms with Crippen molar-refractivity contribution in [3.05, 3.63) is 28.3 Å². The van der Waals surface area contributed by atoms with Crippen LogP contribution in [0.1, 0.15) is 23.7 Å². The van der Waals surface area contributed by atoms with Gasteiger partial charge in [0.2, 0.25) is 0 Å². The van der Waals surface area contributed by atoms with Gasteiger partial charge < -0.3 is 15.9 Å². The van der Waals surface area contributed by atoms with Crippen LogP contribution in [0.25, 0.3) is 0 Å². The Balaban J connectivity index is 2.96. The molecule has 3 nitrogen and oxygen atoms in total. The van der Waals surface area contributed by atoms with Crippen LogP contribution in [0, 0.1) is 6.92 Å². The fourth-order valence-corrected chi connectivity index (χ4v) is 1.94. The summed E-state index contributed by atoms with van der Waals surface area (Å²) < 4.78 is 0. The van der Waals surface area contributed by atoms with Crippen LogP contribution in [0.4, 0.5) is 5.69 Å². The van der Waals surface area contributed by atoms with E-state index in [2.05, 4.69) is 0 Å². The quantitative estimate of drug-likeness (QED) is 0.577. The predicted octanol–water partition coefficient (Wildman–Crippen LogP) is 2.25. The van der Waals surface area contributed by atoms with E-state index < -0.39 is 12.2 Å². The van der Waals surface area contributed by atoms with E-state index >= 15 is 0 Å². The predicted molar refractivity (Wildman–Crippen MR) is 66.9 cm³/mol. The Bertz CT molecular complexity index is 348. The highest BCUT2D eigenvalue weighted by atomic mass is 35.5. The third-order valence-electron chi connectivity index (χ3n) is 2.47. The molecule has 0 bridgehead atoms. The molecule has 0 aliphatic rings. The van der Waals surface area contributed by atoms with Gasteiger partial charge in [0.05, 0.1) is 16.8 Å². The molecule has 5 heteroatoms. The standard InChI is InChI=1S/C11H15Cl2NO2/c1-6-4-7(5-8(13)10(6)14)11(16)9(15)2-3-12/h4-5,9,11,15-16H,2-3,14H2,1H3. The molecule has 1 aromatic rings. The van der Waals surface area contributed by atoms with E-state index in [1.807, 2.05) is 0 Å². The van der Waals surface area contributed by atoms with Gasteiger partial charge in [0.25, 0.3) is 0 Å². The monoisotopic (exact) mass is 263 g/mol. The molecule has 0 fully saturated rings. The van der Waals surface area contributed by atoms with E-state index in [0.29, 0.717) is 28.6 Å². The minimum Gasteiger partial charge on any atom is -0.397 e. The first-order valence-electron chi connectivity index (χ1n) is 4.95. The molecule has 0 aliphatic heterocycles. The van der Waals surface area contributed by atoms with Gasteiger partial charge in [-0.3, -0.25) is 0 Å². The van der Waals surface area contributed by atoms with Crippen LogP contribution in [0.5, 0.6) is 0 Å². The van der Waals surface area contributed by atoms with Crippen molar-refractivity contribution in [1.29, 1.82) is 0 Å². The second-order valence-electron chi connectivity index (χ2n) is 3.72. The average molecular weight is 264 g/mol. The number of hydrogen-bond donors (Lipinski definition) is 3. The summed E-state index contributed by atoms with van der Waals surface area (Å²) in [4.78, 5) is 0. The SMILES string of the molecule is Cc1cc(C(O)C(O)CCCl)cc(Cl)c1N. The van der Waals surface area contributed by atoms with E-state index in [1.165, 1.54) is 0 Å². The summed E-state index contributed by atoms with van der Waals surface area (Å²) in [5.41, 5.74) is 7.51. The van der Waals surface area contributed by atoms with E-state index in [1.54, 1.807) is 19.1 Å². The summed E-state index contributed by atoms with van der Waals surface area (Å²) in [6, 6.07) is 3.27. The van der Waals surface area contributed by atoms with Gasteiger partial charge in [0.1, 0.15) is 6.10 Å². The highest BCUT2D eigenvalue weighted by Gasteiger charge is 2.19. The molecule has 4 N–H and O–H groups in total. The molecule has 1 aromatic carbocycles. The minimum absolute atomic E-state index is 0.292. The zero-order valence-electron chi connectivity index (χ0n) is 8.95. The van der Waals surface area contributed by atoms with Crippen LogP contribution in [0.2, 0.25) is 5.02 Å². The maximum absolute atomic E-state index is 9.85. The van der Waals surface area contributed by atoms with Crippen molar-refractivity contribution in [2.24, 2.45) is 0 Å². The van der Waals surface area contributed by atoms with Crippen LogP contribution >= 0.6 is 23.2 Å². The molecule has 90 valence electrons. The highest BCUT2D eigenvalue weighted by Crippen LogP contribution is 2.29. The van der Waals surface area contributed by atoms with Crippen molar-refractivity contribution in [3.63, 3.8) is 0 Å². The second-order valence-corrected chi connectivity index (χ2v) is 4.51. The second kappa shape index (κ2) is 5.73. The minimum atomic E-state index is -0.990. The number of aliphatic hydroxyl groups is 2. The summed E-state index contributed by atoms with van der Waals surface area (Å²) >= 11 is 11.4. The number of nitrogen functional groups attached to an aromatic ring is 1. The Kier molecular flexibility index (Phi) is 4.87. The van der Waals surface area contributed by atoms with Crippen LogP contribution in [0.15, 0.2) is 12.1 Å². The number of nitrogens with two attached hydrogens (primary N) is 1. The lowest BCUT2D eigenvalue weighted by Gasteiger charge is -2.18.